The Morgan fingerprint density at radius 2 is 2.04 bits per heavy atom. The van der Waals surface area contributed by atoms with Crippen LogP contribution in [0.1, 0.15) is 21.6 Å². The minimum atomic E-state index is -0.511. The van der Waals surface area contributed by atoms with Crippen LogP contribution in [0.25, 0.3) is 0 Å². The molecule has 1 amide bonds. The molecule has 25 heavy (non-hydrogen) atoms. The first-order valence-electron chi connectivity index (χ1n) is 7.56. The quantitative estimate of drug-likeness (QED) is 0.791. The number of amides is 1. The molecular formula is C18H15FN4O2. The highest BCUT2D eigenvalue weighted by atomic mass is 19.1. The number of pyridine rings is 1. The zero-order chi connectivity index (χ0) is 17.8. The summed E-state index contributed by atoms with van der Waals surface area (Å²) in [7, 11) is 1.55. The Morgan fingerprint density at radius 1 is 1.20 bits per heavy atom. The molecule has 3 aromatic rings. The van der Waals surface area contributed by atoms with Crippen LogP contribution in [0.4, 0.5) is 10.2 Å². The number of benzene rings is 1. The fraction of sp³-hybridized carbons (Fsp3) is 0.111. The molecule has 3 rings (SSSR count). The lowest BCUT2D eigenvalue weighted by molar-refractivity contribution is 0.102. The molecule has 0 unspecified atom stereocenters. The molecule has 6 nitrogen and oxygen atoms in total. The van der Waals surface area contributed by atoms with Crippen LogP contribution >= 0.6 is 0 Å². The van der Waals surface area contributed by atoms with Gasteiger partial charge in [0.1, 0.15) is 17.3 Å². The lowest BCUT2D eigenvalue weighted by Crippen LogP contribution is -2.24. The average molecular weight is 338 g/mol. The molecule has 1 N–H and O–H groups in total. The highest BCUT2D eigenvalue weighted by Crippen LogP contribution is 2.12. The lowest BCUT2D eigenvalue weighted by Gasteiger charge is -2.06. The highest BCUT2D eigenvalue weighted by molar-refractivity contribution is 6.02. The topological polar surface area (TPSA) is 76.9 Å². The SMILES string of the molecule is Cn1ccc(C(=O)Nc2ccc(Cc3cccc(F)c3)cn2)nc1=O. The minimum Gasteiger partial charge on any atom is -0.305 e. The zero-order valence-corrected chi connectivity index (χ0v) is 13.4. The van der Waals surface area contributed by atoms with Crippen LogP contribution in [0.15, 0.2) is 59.7 Å². The van der Waals surface area contributed by atoms with E-state index < -0.39 is 11.6 Å². The maximum Gasteiger partial charge on any atom is 0.348 e. The zero-order valence-electron chi connectivity index (χ0n) is 13.4. The van der Waals surface area contributed by atoms with E-state index in [9.17, 15) is 14.0 Å². The summed E-state index contributed by atoms with van der Waals surface area (Å²) in [6.45, 7) is 0. The summed E-state index contributed by atoms with van der Waals surface area (Å²) in [5.41, 5.74) is 1.23. The number of aromatic nitrogens is 3. The molecule has 0 spiro atoms. The van der Waals surface area contributed by atoms with E-state index in [0.717, 1.165) is 11.1 Å². The third-order valence-corrected chi connectivity index (χ3v) is 3.57. The third kappa shape index (κ3) is 4.14. The number of aryl methyl sites for hydroxylation is 1. The summed E-state index contributed by atoms with van der Waals surface area (Å²) < 4.78 is 14.5. The molecule has 1 aromatic carbocycles. The van der Waals surface area contributed by atoms with Crippen LogP contribution in [0, 0.1) is 5.82 Å². The van der Waals surface area contributed by atoms with Crippen molar-refractivity contribution >= 4 is 11.7 Å². The summed E-state index contributed by atoms with van der Waals surface area (Å²) in [6.07, 6.45) is 3.62. The number of hydrogen-bond acceptors (Lipinski definition) is 4. The van der Waals surface area contributed by atoms with Gasteiger partial charge in [-0.2, -0.15) is 4.98 Å². The van der Waals surface area contributed by atoms with Gasteiger partial charge in [0.05, 0.1) is 0 Å². The van der Waals surface area contributed by atoms with E-state index in [1.165, 1.54) is 29.0 Å². The van der Waals surface area contributed by atoms with Crippen molar-refractivity contribution in [3.8, 4) is 0 Å². The van der Waals surface area contributed by atoms with Gasteiger partial charge < -0.3 is 9.88 Å². The Balaban J connectivity index is 1.68. The number of carbonyl (C=O) groups is 1. The smallest absolute Gasteiger partial charge is 0.305 e. The molecular weight excluding hydrogens is 323 g/mol. The number of nitrogens with zero attached hydrogens (tertiary/aromatic N) is 3. The Kier molecular flexibility index (Phi) is 4.65. The molecule has 0 aliphatic carbocycles. The summed E-state index contributed by atoms with van der Waals surface area (Å²) >= 11 is 0. The van der Waals surface area contributed by atoms with Crippen molar-refractivity contribution in [2.75, 3.05) is 5.32 Å². The van der Waals surface area contributed by atoms with Gasteiger partial charge in [0.15, 0.2) is 0 Å². The van der Waals surface area contributed by atoms with Crippen molar-refractivity contribution in [3.05, 3.63) is 88.0 Å². The Hall–Kier alpha value is -3.35. The van der Waals surface area contributed by atoms with Gasteiger partial charge >= 0.3 is 5.69 Å². The number of halogens is 1. The van der Waals surface area contributed by atoms with Crippen LogP contribution in [0.3, 0.4) is 0 Å². The van der Waals surface area contributed by atoms with E-state index in [1.807, 2.05) is 6.07 Å². The van der Waals surface area contributed by atoms with Gasteiger partial charge in [0.2, 0.25) is 0 Å². The first-order valence-corrected chi connectivity index (χ1v) is 7.56. The number of rotatable bonds is 4. The maximum atomic E-state index is 13.2. The number of hydrogen-bond donors (Lipinski definition) is 1. The van der Waals surface area contributed by atoms with E-state index in [2.05, 4.69) is 15.3 Å². The van der Waals surface area contributed by atoms with E-state index in [4.69, 9.17) is 0 Å². The standard InChI is InChI=1S/C18H15FN4O2/c1-23-8-7-15(21-18(23)25)17(24)22-16-6-5-13(11-20-16)9-12-3-2-4-14(19)10-12/h2-8,10-11H,9H2,1H3,(H,20,22,24). The third-order valence-electron chi connectivity index (χ3n) is 3.57. The second kappa shape index (κ2) is 7.04. The molecule has 2 heterocycles. The van der Waals surface area contributed by atoms with Crippen molar-refractivity contribution in [2.24, 2.45) is 7.05 Å². The van der Waals surface area contributed by atoms with Gasteiger partial charge in [-0.05, 0) is 41.8 Å². The monoisotopic (exact) mass is 338 g/mol. The molecule has 7 heteroatoms. The van der Waals surface area contributed by atoms with Crippen molar-refractivity contribution in [2.45, 2.75) is 6.42 Å². The van der Waals surface area contributed by atoms with Crippen molar-refractivity contribution < 1.29 is 9.18 Å². The number of anilines is 1. The molecule has 126 valence electrons. The van der Waals surface area contributed by atoms with Crippen LogP contribution < -0.4 is 11.0 Å². The van der Waals surface area contributed by atoms with Gasteiger partial charge in [0, 0.05) is 19.4 Å². The minimum absolute atomic E-state index is 0.0220. The first-order chi connectivity index (χ1) is 12.0. The average Bonchev–Trinajstić information content (AvgIpc) is 2.59. The largest absolute Gasteiger partial charge is 0.348 e. The fourth-order valence-corrected chi connectivity index (χ4v) is 2.26. The summed E-state index contributed by atoms with van der Waals surface area (Å²) in [6, 6.07) is 11.3. The Morgan fingerprint density at radius 3 is 2.72 bits per heavy atom. The molecule has 2 aromatic heterocycles. The van der Waals surface area contributed by atoms with Crippen molar-refractivity contribution in [1.82, 2.24) is 14.5 Å². The molecule has 0 fully saturated rings. The van der Waals surface area contributed by atoms with Crippen LogP contribution in [0.5, 0.6) is 0 Å². The summed E-state index contributed by atoms with van der Waals surface area (Å²) in [5, 5.41) is 2.58. The molecule has 0 atom stereocenters. The van der Waals surface area contributed by atoms with Crippen LogP contribution in [-0.4, -0.2) is 20.4 Å². The lowest BCUT2D eigenvalue weighted by atomic mass is 10.1. The van der Waals surface area contributed by atoms with Crippen LogP contribution in [-0.2, 0) is 13.5 Å². The van der Waals surface area contributed by atoms with Gasteiger partial charge in [-0.3, -0.25) is 4.79 Å². The Bertz CT molecular complexity index is 967. The normalized spacial score (nSPS) is 10.5. The molecule has 0 bridgehead atoms. The molecule has 0 aliphatic rings. The van der Waals surface area contributed by atoms with E-state index in [0.29, 0.717) is 12.2 Å². The summed E-state index contributed by atoms with van der Waals surface area (Å²) in [5.74, 6) is -0.450. The van der Waals surface area contributed by atoms with E-state index in [1.54, 1.807) is 31.4 Å². The molecule has 0 saturated carbocycles. The number of nitrogens with one attached hydrogen (secondary N) is 1. The fourth-order valence-electron chi connectivity index (χ4n) is 2.26. The maximum absolute atomic E-state index is 13.2. The predicted molar refractivity (Wildman–Crippen MR) is 90.9 cm³/mol. The second-order valence-corrected chi connectivity index (χ2v) is 5.52. The summed E-state index contributed by atoms with van der Waals surface area (Å²) in [4.78, 5) is 31.4. The Labute approximate surface area is 143 Å². The van der Waals surface area contributed by atoms with Gasteiger partial charge in [-0.15, -0.1) is 0 Å². The van der Waals surface area contributed by atoms with E-state index in [-0.39, 0.29) is 11.5 Å². The van der Waals surface area contributed by atoms with Gasteiger partial charge in [0.25, 0.3) is 5.91 Å². The van der Waals surface area contributed by atoms with Crippen molar-refractivity contribution in [3.63, 3.8) is 0 Å². The van der Waals surface area contributed by atoms with Crippen molar-refractivity contribution in [1.29, 1.82) is 0 Å². The van der Waals surface area contributed by atoms with Gasteiger partial charge in [-0.1, -0.05) is 18.2 Å². The van der Waals surface area contributed by atoms with E-state index >= 15 is 0 Å². The second-order valence-electron chi connectivity index (χ2n) is 5.52. The number of carbonyl (C=O) groups excluding carboxylic acids is 1. The first kappa shape index (κ1) is 16.5. The molecule has 0 aliphatic heterocycles. The molecule has 0 saturated heterocycles. The molecule has 0 radical (unpaired) electrons. The van der Waals surface area contributed by atoms with Gasteiger partial charge in [-0.25, -0.2) is 14.2 Å². The predicted octanol–water partition coefficient (Wildman–Crippen LogP) is 2.16. The van der Waals surface area contributed by atoms with Crippen LogP contribution in [0.2, 0.25) is 0 Å². The highest BCUT2D eigenvalue weighted by Gasteiger charge is 2.09.